The molecule has 1 aromatic carbocycles. The SMILES string of the molecule is CCOC(=O)N1CCN(Cc2csc(N(C(C)=O)c3cccc(Cl)c3)n2)CC1. The van der Waals surface area contributed by atoms with E-state index in [0.29, 0.717) is 42.1 Å². The number of rotatable bonds is 5. The zero-order valence-electron chi connectivity index (χ0n) is 15.9. The van der Waals surface area contributed by atoms with Crippen molar-refractivity contribution < 1.29 is 14.3 Å². The van der Waals surface area contributed by atoms with Crippen molar-refractivity contribution in [2.24, 2.45) is 0 Å². The second kappa shape index (κ2) is 9.36. The monoisotopic (exact) mass is 422 g/mol. The Bertz CT molecular complexity index is 836. The van der Waals surface area contributed by atoms with Gasteiger partial charge >= 0.3 is 6.09 Å². The maximum Gasteiger partial charge on any atom is 0.409 e. The highest BCUT2D eigenvalue weighted by atomic mass is 35.5. The van der Waals surface area contributed by atoms with Crippen LogP contribution in [0.2, 0.25) is 5.02 Å². The molecule has 1 saturated heterocycles. The van der Waals surface area contributed by atoms with Gasteiger partial charge in [0.15, 0.2) is 5.13 Å². The van der Waals surface area contributed by atoms with E-state index in [1.807, 2.05) is 24.4 Å². The number of hydrogen-bond acceptors (Lipinski definition) is 6. The summed E-state index contributed by atoms with van der Waals surface area (Å²) in [5.41, 5.74) is 1.60. The number of anilines is 2. The van der Waals surface area contributed by atoms with Crippen LogP contribution in [-0.2, 0) is 16.1 Å². The van der Waals surface area contributed by atoms with E-state index in [4.69, 9.17) is 16.3 Å². The summed E-state index contributed by atoms with van der Waals surface area (Å²) < 4.78 is 5.05. The highest BCUT2D eigenvalue weighted by Gasteiger charge is 2.23. The fourth-order valence-electron chi connectivity index (χ4n) is 3.05. The fraction of sp³-hybridized carbons (Fsp3) is 0.421. The van der Waals surface area contributed by atoms with E-state index >= 15 is 0 Å². The van der Waals surface area contributed by atoms with Crippen LogP contribution in [0, 0.1) is 0 Å². The van der Waals surface area contributed by atoms with Gasteiger partial charge in [0.25, 0.3) is 0 Å². The molecule has 2 amide bonds. The number of carbonyl (C=O) groups is 2. The molecule has 0 radical (unpaired) electrons. The van der Waals surface area contributed by atoms with Gasteiger partial charge < -0.3 is 9.64 Å². The van der Waals surface area contributed by atoms with Crippen molar-refractivity contribution >= 4 is 45.8 Å². The molecule has 1 aliphatic heterocycles. The average Bonchev–Trinajstić information content (AvgIpc) is 3.10. The molecule has 2 aromatic rings. The van der Waals surface area contributed by atoms with Crippen molar-refractivity contribution in [2.45, 2.75) is 20.4 Å². The molecule has 0 saturated carbocycles. The molecule has 0 unspecified atom stereocenters. The average molecular weight is 423 g/mol. The molecule has 2 heterocycles. The summed E-state index contributed by atoms with van der Waals surface area (Å²) >= 11 is 7.50. The molecule has 150 valence electrons. The molecule has 0 spiro atoms. The minimum atomic E-state index is -0.253. The topological polar surface area (TPSA) is 66.0 Å². The summed E-state index contributed by atoms with van der Waals surface area (Å²) in [6.45, 7) is 7.18. The number of piperazine rings is 1. The smallest absolute Gasteiger partial charge is 0.409 e. The number of ether oxygens (including phenoxy) is 1. The van der Waals surface area contributed by atoms with Gasteiger partial charge in [-0.1, -0.05) is 17.7 Å². The van der Waals surface area contributed by atoms with Crippen LogP contribution in [0.3, 0.4) is 0 Å². The van der Waals surface area contributed by atoms with Crippen molar-refractivity contribution in [3.8, 4) is 0 Å². The first-order valence-electron chi connectivity index (χ1n) is 9.12. The number of hydrogen-bond donors (Lipinski definition) is 0. The largest absolute Gasteiger partial charge is 0.450 e. The van der Waals surface area contributed by atoms with E-state index in [2.05, 4.69) is 9.88 Å². The molecule has 7 nitrogen and oxygen atoms in total. The summed E-state index contributed by atoms with van der Waals surface area (Å²) in [7, 11) is 0. The third kappa shape index (κ3) is 5.01. The molecule has 0 aliphatic carbocycles. The predicted octanol–water partition coefficient (Wildman–Crippen LogP) is 3.76. The lowest BCUT2D eigenvalue weighted by molar-refractivity contribution is -0.115. The fourth-order valence-corrected chi connectivity index (χ4v) is 4.11. The lowest BCUT2D eigenvalue weighted by Gasteiger charge is -2.33. The molecule has 1 aliphatic rings. The Labute approximate surface area is 173 Å². The third-order valence-corrected chi connectivity index (χ3v) is 5.51. The molecule has 1 aromatic heterocycles. The lowest BCUT2D eigenvalue weighted by Crippen LogP contribution is -2.48. The van der Waals surface area contributed by atoms with Crippen LogP contribution in [0.4, 0.5) is 15.6 Å². The third-order valence-electron chi connectivity index (χ3n) is 4.40. The zero-order chi connectivity index (χ0) is 20.1. The van der Waals surface area contributed by atoms with Crippen LogP contribution in [0.15, 0.2) is 29.6 Å². The summed E-state index contributed by atoms with van der Waals surface area (Å²) in [4.78, 5) is 34.2. The molecular formula is C19H23ClN4O3S. The van der Waals surface area contributed by atoms with Crippen molar-refractivity contribution in [1.82, 2.24) is 14.8 Å². The Hall–Kier alpha value is -2.16. The lowest BCUT2D eigenvalue weighted by atomic mass is 10.3. The Kier molecular flexibility index (Phi) is 6.88. The maximum atomic E-state index is 12.2. The normalized spacial score (nSPS) is 14.8. The van der Waals surface area contributed by atoms with Gasteiger partial charge in [-0.25, -0.2) is 9.78 Å². The van der Waals surface area contributed by atoms with Crippen LogP contribution in [-0.4, -0.2) is 59.6 Å². The van der Waals surface area contributed by atoms with Crippen LogP contribution < -0.4 is 4.90 Å². The number of carbonyl (C=O) groups excluding carboxylic acids is 2. The summed E-state index contributed by atoms with van der Waals surface area (Å²) in [5.74, 6) is -0.119. The minimum absolute atomic E-state index is 0.119. The van der Waals surface area contributed by atoms with Gasteiger partial charge in [0.1, 0.15) is 0 Å². The van der Waals surface area contributed by atoms with Crippen molar-refractivity contribution in [3.63, 3.8) is 0 Å². The van der Waals surface area contributed by atoms with Crippen molar-refractivity contribution in [3.05, 3.63) is 40.4 Å². The van der Waals surface area contributed by atoms with Crippen LogP contribution >= 0.6 is 22.9 Å². The molecular weight excluding hydrogens is 400 g/mol. The van der Waals surface area contributed by atoms with E-state index in [1.165, 1.54) is 18.3 Å². The minimum Gasteiger partial charge on any atom is -0.450 e. The van der Waals surface area contributed by atoms with E-state index < -0.39 is 0 Å². The van der Waals surface area contributed by atoms with Crippen LogP contribution in [0.5, 0.6) is 0 Å². The Morgan fingerprint density at radius 2 is 2.04 bits per heavy atom. The van der Waals surface area contributed by atoms with Gasteiger partial charge in [-0.15, -0.1) is 11.3 Å². The molecule has 0 atom stereocenters. The van der Waals surface area contributed by atoms with Gasteiger partial charge in [-0.3, -0.25) is 14.6 Å². The molecule has 3 rings (SSSR count). The Morgan fingerprint density at radius 1 is 1.29 bits per heavy atom. The molecule has 28 heavy (non-hydrogen) atoms. The molecule has 9 heteroatoms. The van der Waals surface area contributed by atoms with Gasteiger partial charge in [0.05, 0.1) is 18.0 Å². The van der Waals surface area contributed by atoms with Crippen LogP contribution in [0.25, 0.3) is 0 Å². The number of nitrogens with zero attached hydrogens (tertiary/aromatic N) is 4. The van der Waals surface area contributed by atoms with E-state index in [1.54, 1.807) is 21.9 Å². The first-order chi connectivity index (χ1) is 13.5. The molecule has 0 N–H and O–H groups in total. The first kappa shape index (κ1) is 20.6. The van der Waals surface area contributed by atoms with Crippen molar-refractivity contribution in [2.75, 3.05) is 37.7 Å². The van der Waals surface area contributed by atoms with Gasteiger partial charge in [0, 0.05) is 50.1 Å². The standard InChI is InChI=1S/C19H23ClN4O3S/c1-3-27-19(26)23-9-7-22(8-10-23)12-16-13-28-18(21-16)24(14(2)25)17-6-4-5-15(20)11-17/h4-6,11,13H,3,7-10,12H2,1-2H3. The maximum absolute atomic E-state index is 12.2. The van der Waals surface area contributed by atoms with E-state index in [9.17, 15) is 9.59 Å². The number of thiazole rings is 1. The van der Waals surface area contributed by atoms with Crippen molar-refractivity contribution in [1.29, 1.82) is 0 Å². The number of amides is 2. The number of halogens is 1. The Morgan fingerprint density at radius 3 is 2.68 bits per heavy atom. The first-order valence-corrected chi connectivity index (χ1v) is 10.4. The van der Waals surface area contributed by atoms with Crippen LogP contribution in [0.1, 0.15) is 19.5 Å². The second-order valence-electron chi connectivity index (χ2n) is 6.42. The van der Waals surface area contributed by atoms with Gasteiger partial charge in [-0.2, -0.15) is 0 Å². The summed E-state index contributed by atoms with van der Waals surface area (Å²) in [6, 6.07) is 7.17. The predicted molar refractivity (Wildman–Crippen MR) is 110 cm³/mol. The van der Waals surface area contributed by atoms with Gasteiger partial charge in [0.2, 0.25) is 5.91 Å². The number of benzene rings is 1. The number of aromatic nitrogens is 1. The quantitative estimate of drug-likeness (QED) is 0.734. The molecule has 1 fully saturated rings. The highest BCUT2D eigenvalue weighted by molar-refractivity contribution is 7.14. The zero-order valence-corrected chi connectivity index (χ0v) is 17.5. The van der Waals surface area contributed by atoms with E-state index in [0.717, 1.165) is 18.8 Å². The molecule has 0 bridgehead atoms. The summed E-state index contributed by atoms with van der Waals surface area (Å²) in [6.07, 6.45) is -0.253. The van der Waals surface area contributed by atoms with Gasteiger partial charge in [-0.05, 0) is 25.1 Å². The Balaban J connectivity index is 1.64. The second-order valence-corrected chi connectivity index (χ2v) is 7.69. The summed E-state index contributed by atoms with van der Waals surface area (Å²) in [5, 5.41) is 3.16. The highest BCUT2D eigenvalue weighted by Crippen LogP contribution is 2.30. The van der Waals surface area contributed by atoms with E-state index in [-0.39, 0.29) is 12.0 Å².